The number of sulfone groups is 1. The molecule has 6 nitrogen and oxygen atoms in total. The Labute approximate surface area is 159 Å². The summed E-state index contributed by atoms with van der Waals surface area (Å²) in [6, 6.07) is 13.5. The Kier molecular flexibility index (Phi) is 5.53. The second kappa shape index (κ2) is 7.70. The molecular weight excluding hydrogens is 364 g/mol. The quantitative estimate of drug-likeness (QED) is 0.734. The van der Waals surface area contributed by atoms with Crippen molar-refractivity contribution in [2.75, 3.05) is 5.32 Å². The van der Waals surface area contributed by atoms with Gasteiger partial charge < -0.3 is 15.7 Å². The fourth-order valence-corrected chi connectivity index (χ4v) is 4.17. The number of hydrogen-bond donors (Lipinski definition) is 3. The molecule has 0 unspecified atom stereocenters. The molecule has 0 aromatic heterocycles. The van der Waals surface area contributed by atoms with Crippen molar-refractivity contribution in [2.45, 2.75) is 43.4 Å². The number of rotatable bonds is 5. The van der Waals surface area contributed by atoms with E-state index in [9.17, 15) is 18.3 Å². The minimum Gasteiger partial charge on any atom is -0.390 e. The van der Waals surface area contributed by atoms with Gasteiger partial charge in [0.2, 0.25) is 0 Å². The summed E-state index contributed by atoms with van der Waals surface area (Å²) in [5.41, 5.74) is 3.06. The molecule has 0 saturated heterocycles. The van der Waals surface area contributed by atoms with Gasteiger partial charge in [0.25, 0.3) is 0 Å². The van der Waals surface area contributed by atoms with E-state index in [1.807, 2.05) is 24.3 Å². The molecule has 2 aromatic rings. The number of aliphatic hydroxyl groups is 1. The number of hydrogen-bond acceptors (Lipinski definition) is 4. The maximum Gasteiger partial charge on any atom is 0.319 e. The normalized spacial score (nSPS) is 19.0. The minimum atomic E-state index is -3.22. The molecule has 1 aliphatic rings. The fraction of sp³-hybridized carbons (Fsp3) is 0.350. The lowest BCUT2D eigenvalue weighted by molar-refractivity contribution is 0.144. The topological polar surface area (TPSA) is 95.5 Å². The van der Waals surface area contributed by atoms with Crippen LogP contribution in [0.5, 0.6) is 0 Å². The van der Waals surface area contributed by atoms with E-state index < -0.39 is 33.3 Å². The van der Waals surface area contributed by atoms with Crippen LogP contribution in [0.3, 0.4) is 0 Å². The Bertz CT molecular complexity index is 941. The molecule has 144 valence electrons. The number of benzene rings is 2. The predicted octanol–water partition coefficient (Wildman–Crippen LogP) is 2.79. The Morgan fingerprint density at radius 2 is 1.93 bits per heavy atom. The Balaban J connectivity index is 1.68. The van der Waals surface area contributed by atoms with E-state index >= 15 is 0 Å². The summed E-state index contributed by atoms with van der Waals surface area (Å²) in [6.45, 7) is 3.30. The minimum absolute atomic E-state index is 0.0729. The summed E-state index contributed by atoms with van der Waals surface area (Å²) in [6.07, 6.45) is -0.167. The molecule has 0 fully saturated rings. The number of carbonyl (C=O) groups is 1. The molecule has 3 N–H and O–H groups in total. The number of urea groups is 1. The standard InChI is InChI=1S/C20H24N2O4S/c1-13(2)27(25,26)12-14-6-5-8-16(10-14)21-20(24)22-19-17-9-4-3-7-15(17)11-18(19)23/h3-10,13,18-19,23H,11-12H2,1-2H3,(H2,21,22,24)/t18-,19+/m1/s1. The third-order valence-electron chi connectivity index (χ3n) is 4.76. The van der Waals surface area contributed by atoms with E-state index in [-0.39, 0.29) is 5.75 Å². The van der Waals surface area contributed by atoms with Crippen LogP contribution in [0.25, 0.3) is 0 Å². The van der Waals surface area contributed by atoms with Gasteiger partial charge in [-0.1, -0.05) is 36.4 Å². The lowest BCUT2D eigenvalue weighted by Gasteiger charge is -2.18. The summed E-state index contributed by atoms with van der Waals surface area (Å²) in [7, 11) is -3.22. The first kappa shape index (κ1) is 19.4. The smallest absolute Gasteiger partial charge is 0.319 e. The fourth-order valence-electron chi connectivity index (χ4n) is 3.19. The first-order valence-electron chi connectivity index (χ1n) is 8.90. The van der Waals surface area contributed by atoms with E-state index in [2.05, 4.69) is 10.6 Å². The molecule has 0 aliphatic heterocycles. The van der Waals surface area contributed by atoms with Crippen molar-refractivity contribution in [3.63, 3.8) is 0 Å². The predicted molar refractivity (Wildman–Crippen MR) is 105 cm³/mol. The van der Waals surface area contributed by atoms with Crippen LogP contribution >= 0.6 is 0 Å². The van der Waals surface area contributed by atoms with Gasteiger partial charge in [0, 0.05) is 12.1 Å². The molecule has 0 saturated carbocycles. The number of anilines is 1. The van der Waals surface area contributed by atoms with Crippen molar-refractivity contribution >= 4 is 21.6 Å². The molecule has 7 heteroatoms. The van der Waals surface area contributed by atoms with Crippen molar-refractivity contribution in [1.29, 1.82) is 0 Å². The molecule has 2 amide bonds. The van der Waals surface area contributed by atoms with Crippen LogP contribution in [0.15, 0.2) is 48.5 Å². The lowest BCUT2D eigenvalue weighted by atomic mass is 10.1. The van der Waals surface area contributed by atoms with Crippen LogP contribution < -0.4 is 10.6 Å². The van der Waals surface area contributed by atoms with Gasteiger partial charge in [0.15, 0.2) is 9.84 Å². The van der Waals surface area contributed by atoms with Crippen LogP contribution in [-0.4, -0.2) is 30.9 Å². The molecule has 0 radical (unpaired) electrons. The van der Waals surface area contributed by atoms with Gasteiger partial charge in [0.1, 0.15) is 0 Å². The number of amides is 2. The van der Waals surface area contributed by atoms with Crippen molar-refractivity contribution in [2.24, 2.45) is 0 Å². The zero-order valence-electron chi connectivity index (χ0n) is 15.3. The van der Waals surface area contributed by atoms with Crippen molar-refractivity contribution in [3.8, 4) is 0 Å². The van der Waals surface area contributed by atoms with Gasteiger partial charge in [-0.15, -0.1) is 0 Å². The van der Waals surface area contributed by atoms with E-state index in [1.54, 1.807) is 38.1 Å². The van der Waals surface area contributed by atoms with Crippen molar-refractivity contribution < 1.29 is 18.3 Å². The van der Waals surface area contributed by atoms with Gasteiger partial charge >= 0.3 is 6.03 Å². The number of nitrogens with one attached hydrogen (secondary N) is 2. The molecule has 2 aromatic carbocycles. The van der Waals surface area contributed by atoms with Gasteiger partial charge in [-0.3, -0.25) is 0 Å². The average Bonchev–Trinajstić information content (AvgIpc) is 2.90. The molecule has 0 bridgehead atoms. The van der Waals surface area contributed by atoms with Gasteiger partial charge in [-0.2, -0.15) is 0 Å². The number of carbonyl (C=O) groups excluding carboxylic acids is 1. The van der Waals surface area contributed by atoms with Crippen LogP contribution in [0.2, 0.25) is 0 Å². The molecule has 2 atom stereocenters. The first-order chi connectivity index (χ1) is 12.8. The van der Waals surface area contributed by atoms with Gasteiger partial charge in [-0.25, -0.2) is 13.2 Å². The summed E-state index contributed by atoms with van der Waals surface area (Å²) < 4.78 is 24.2. The summed E-state index contributed by atoms with van der Waals surface area (Å²) in [4.78, 5) is 12.4. The Morgan fingerprint density at radius 1 is 1.19 bits per heavy atom. The maximum atomic E-state index is 12.4. The second-order valence-electron chi connectivity index (χ2n) is 7.10. The molecule has 0 spiro atoms. The molecule has 3 rings (SSSR count). The van der Waals surface area contributed by atoms with Crippen molar-refractivity contribution in [3.05, 3.63) is 65.2 Å². The Hall–Kier alpha value is -2.38. The summed E-state index contributed by atoms with van der Waals surface area (Å²) >= 11 is 0. The summed E-state index contributed by atoms with van der Waals surface area (Å²) in [5, 5.41) is 15.3. The monoisotopic (exact) mass is 388 g/mol. The average molecular weight is 388 g/mol. The van der Waals surface area contributed by atoms with E-state index in [1.165, 1.54) is 0 Å². The highest BCUT2D eigenvalue weighted by atomic mass is 32.2. The third kappa shape index (κ3) is 4.48. The molecular formula is C20H24N2O4S. The van der Waals surface area contributed by atoms with Crippen LogP contribution in [-0.2, 0) is 22.0 Å². The first-order valence-corrected chi connectivity index (χ1v) is 10.6. The highest BCUT2D eigenvalue weighted by Crippen LogP contribution is 2.31. The van der Waals surface area contributed by atoms with E-state index in [0.717, 1.165) is 11.1 Å². The number of fused-ring (bicyclic) bond motifs is 1. The van der Waals surface area contributed by atoms with E-state index in [0.29, 0.717) is 17.7 Å². The second-order valence-corrected chi connectivity index (χ2v) is 9.66. The SMILES string of the molecule is CC(C)S(=O)(=O)Cc1cccc(NC(=O)N[C@H]2c3ccccc3C[C@H]2O)c1. The third-order valence-corrected chi connectivity index (χ3v) is 6.93. The molecule has 0 heterocycles. The zero-order chi connectivity index (χ0) is 19.6. The number of aliphatic hydroxyl groups excluding tert-OH is 1. The van der Waals surface area contributed by atoms with Crippen LogP contribution in [0.1, 0.15) is 36.6 Å². The Morgan fingerprint density at radius 3 is 2.67 bits per heavy atom. The summed E-state index contributed by atoms with van der Waals surface area (Å²) in [5.74, 6) is -0.0729. The lowest BCUT2D eigenvalue weighted by Crippen LogP contribution is -2.36. The highest BCUT2D eigenvalue weighted by Gasteiger charge is 2.31. The zero-order valence-corrected chi connectivity index (χ0v) is 16.2. The highest BCUT2D eigenvalue weighted by molar-refractivity contribution is 7.91. The van der Waals surface area contributed by atoms with Crippen molar-refractivity contribution in [1.82, 2.24) is 5.32 Å². The largest absolute Gasteiger partial charge is 0.390 e. The molecule has 27 heavy (non-hydrogen) atoms. The van der Waals surface area contributed by atoms with Crippen LogP contribution in [0, 0.1) is 0 Å². The van der Waals surface area contributed by atoms with Gasteiger partial charge in [0.05, 0.1) is 23.1 Å². The maximum absolute atomic E-state index is 12.4. The van der Waals surface area contributed by atoms with Crippen LogP contribution in [0.4, 0.5) is 10.5 Å². The van der Waals surface area contributed by atoms with Gasteiger partial charge in [-0.05, 0) is 42.7 Å². The van der Waals surface area contributed by atoms with E-state index in [4.69, 9.17) is 0 Å². The molecule has 1 aliphatic carbocycles.